The number of pyridine rings is 2. The molecule has 5 aliphatic rings. The molecule has 4 amide bonds. The molecule has 3 aliphatic heterocycles. The zero-order valence-corrected chi connectivity index (χ0v) is 34.0. The third kappa shape index (κ3) is 7.40. The lowest BCUT2D eigenvalue weighted by atomic mass is 9.88. The van der Waals surface area contributed by atoms with Crippen LogP contribution < -0.4 is 19.5 Å². The van der Waals surface area contributed by atoms with Crippen LogP contribution >= 0.6 is 0 Å². The van der Waals surface area contributed by atoms with Crippen LogP contribution in [0.4, 0.5) is 4.79 Å². The molecule has 16 heteroatoms. The molecule has 3 N–H and O–H groups in total. The normalized spacial score (nSPS) is 29.4. The van der Waals surface area contributed by atoms with E-state index in [0.717, 1.165) is 18.4 Å². The third-order valence-corrected chi connectivity index (χ3v) is 14.4. The van der Waals surface area contributed by atoms with Crippen molar-refractivity contribution in [3.63, 3.8) is 0 Å². The van der Waals surface area contributed by atoms with E-state index in [4.69, 9.17) is 14.5 Å². The maximum Gasteiger partial charge on any atom is 0.407 e. The number of fused-ring (bicyclic) bond motifs is 5. The van der Waals surface area contributed by atoms with Crippen LogP contribution in [0.1, 0.15) is 103 Å². The molecule has 2 aromatic heterocycles. The molecule has 0 aromatic carbocycles. The first-order chi connectivity index (χ1) is 26.3. The van der Waals surface area contributed by atoms with Crippen LogP contribution in [-0.4, -0.2) is 105 Å². The van der Waals surface area contributed by atoms with E-state index in [-0.39, 0.29) is 32.4 Å². The van der Waals surface area contributed by atoms with Gasteiger partial charge in [0.05, 0.1) is 35.1 Å². The molecule has 0 unspecified atom stereocenters. The van der Waals surface area contributed by atoms with Gasteiger partial charge in [-0.2, -0.15) is 0 Å². The van der Waals surface area contributed by atoms with Gasteiger partial charge in [0.2, 0.25) is 27.7 Å². The van der Waals surface area contributed by atoms with Gasteiger partial charge in [-0.25, -0.2) is 23.2 Å². The number of allylic oxidation sites excluding steroid dienone is 1. The fraction of sp³-hybridized carbons (Fsp3) is 0.650. The fourth-order valence-electron chi connectivity index (χ4n) is 8.60. The number of aromatic nitrogens is 2. The molecule has 56 heavy (non-hydrogen) atoms. The highest BCUT2D eigenvalue weighted by molar-refractivity contribution is 7.91. The van der Waals surface area contributed by atoms with Gasteiger partial charge < -0.3 is 24.8 Å². The van der Waals surface area contributed by atoms with Crippen LogP contribution in [0.5, 0.6) is 11.6 Å². The summed E-state index contributed by atoms with van der Waals surface area (Å²) in [4.78, 5) is 68.7. The van der Waals surface area contributed by atoms with Crippen molar-refractivity contribution in [2.45, 2.75) is 133 Å². The largest absolute Gasteiger partial charge is 0.483 e. The number of nitrogens with zero attached hydrogens (tertiary/aromatic N) is 4. The van der Waals surface area contributed by atoms with Crippen molar-refractivity contribution < 1.29 is 42.2 Å². The van der Waals surface area contributed by atoms with E-state index in [9.17, 15) is 27.9 Å². The number of aryl methyl sites for hydroxylation is 2. The first kappa shape index (κ1) is 39.8. The Labute approximate surface area is 328 Å². The number of rotatable bonds is 6. The maximum absolute atomic E-state index is 15.0. The molecule has 304 valence electrons. The zero-order chi connectivity index (χ0) is 40.4. The minimum absolute atomic E-state index is 0.0128. The Morgan fingerprint density at radius 3 is 2.55 bits per heavy atom. The summed E-state index contributed by atoms with van der Waals surface area (Å²) in [7, 11) is -2.47. The second-order valence-corrected chi connectivity index (χ2v) is 20.1. The Bertz CT molecular complexity index is 2100. The van der Waals surface area contributed by atoms with Crippen molar-refractivity contribution in [3.8, 4) is 11.6 Å². The molecule has 3 fully saturated rings. The number of sulfonamides is 1. The smallest absolute Gasteiger partial charge is 0.407 e. The summed E-state index contributed by atoms with van der Waals surface area (Å²) in [5.74, 6) is -1.46. The van der Waals surface area contributed by atoms with E-state index < -0.39 is 73.1 Å². The van der Waals surface area contributed by atoms with Crippen LogP contribution in [0.2, 0.25) is 0 Å². The maximum atomic E-state index is 15.0. The molecule has 1 spiro atoms. The highest BCUT2D eigenvalue weighted by atomic mass is 32.2. The number of carboxylic acid groups (broad SMARTS) is 1. The molecule has 2 aliphatic carbocycles. The number of amides is 4. The Morgan fingerprint density at radius 2 is 1.88 bits per heavy atom. The van der Waals surface area contributed by atoms with Crippen LogP contribution in [0.15, 0.2) is 24.3 Å². The number of ether oxygens (including phenoxy) is 2. The van der Waals surface area contributed by atoms with Crippen molar-refractivity contribution in [2.75, 3.05) is 20.2 Å². The van der Waals surface area contributed by atoms with Crippen LogP contribution in [-0.2, 0) is 30.8 Å². The second kappa shape index (κ2) is 14.2. The Morgan fingerprint density at radius 1 is 1.12 bits per heavy atom. The first-order valence-electron chi connectivity index (χ1n) is 19.7. The molecular weight excluding hydrogens is 741 g/mol. The summed E-state index contributed by atoms with van der Waals surface area (Å²) < 4.78 is 40.0. The SMILES string of the molecule is COc1ccc2nc(C)c3c(c2n1)CC[C@]1(C[C@H]2C(=O)N[C@]4(C(=O)NS(=O)(=O)C5(C)CC5)C[C@H]4/C=C\CCCCC[C@H](N(CC(C)(C)C)C(=O)O)C(=O)N2C1)O3. The van der Waals surface area contributed by atoms with Crippen LogP contribution in [0.25, 0.3) is 11.0 Å². The van der Waals surface area contributed by atoms with E-state index in [0.29, 0.717) is 66.9 Å². The van der Waals surface area contributed by atoms with Crippen LogP contribution in [0.3, 0.4) is 0 Å². The molecule has 1 saturated heterocycles. The monoisotopic (exact) mass is 794 g/mol. The van der Waals surface area contributed by atoms with Crippen molar-refractivity contribution in [3.05, 3.63) is 35.5 Å². The lowest BCUT2D eigenvalue weighted by Gasteiger charge is -2.38. The number of carbonyl (C=O) groups excluding carboxylic acids is 3. The van der Waals surface area contributed by atoms with Crippen molar-refractivity contribution in [2.24, 2.45) is 11.3 Å². The van der Waals surface area contributed by atoms with E-state index in [1.807, 2.05) is 45.9 Å². The van der Waals surface area contributed by atoms with Gasteiger partial charge in [-0.3, -0.25) is 24.0 Å². The Balaban J connectivity index is 1.27. The van der Waals surface area contributed by atoms with Gasteiger partial charge in [-0.05, 0) is 76.7 Å². The second-order valence-electron chi connectivity index (χ2n) is 17.9. The van der Waals surface area contributed by atoms with Crippen molar-refractivity contribution in [1.82, 2.24) is 29.8 Å². The molecule has 0 radical (unpaired) electrons. The number of hydrogen-bond acceptors (Lipinski definition) is 10. The Hall–Kier alpha value is -4.47. The predicted octanol–water partition coefficient (Wildman–Crippen LogP) is 4.40. The summed E-state index contributed by atoms with van der Waals surface area (Å²) in [6.45, 7) is 9.23. The topological polar surface area (TPSA) is 197 Å². The van der Waals surface area contributed by atoms with Gasteiger partial charge in [0.15, 0.2) is 0 Å². The minimum Gasteiger partial charge on any atom is -0.483 e. The highest BCUT2D eigenvalue weighted by Gasteiger charge is 2.64. The van der Waals surface area contributed by atoms with E-state index >= 15 is 4.79 Å². The lowest BCUT2D eigenvalue weighted by Crippen LogP contribution is -2.59. The quantitative estimate of drug-likeness (QED) is 0.351. The summed E-state index contributed by atoms with van der Waals surface area (Å²) in [6.07, 6.45) is 7.62. The molecule has 15 nitrogen and oxygen atoms in total. The molecule has 2 saturated carbocycles. The number of carbonyl (C=O) groups is 4. The number of hydrogen-bond donors (Lipinski definition) is 3. The van der Waals surface area contributed by atoms with Gasteiger partial charge >= 0.3 is 6.09 Å². The predicted molar refractivity (Wildman–Crippen MR) is 207 cm³/mol. The zero-order valence-electron chi connectivity index (χ0n) is 33.1. The molecule has 0 bridgehead atoms. The fourth-order valence-corrected chi connectivity index (χ4v) is 9.92. The van der Waals surface area contributed by atoms with Gasteiger partial charge in [-0.1, -0.05) is 45.8 Å². The van der Waals surface area contributed by atoms with Gasteiger partial charge in [0.1, 0.15) is 29.0 Å². The van der Waals surface area contributed by atoms with Gasteiger partial charge in [-0.15, -0.1) is 0 Å². The third-order valence-electron chi connectivity index (χ3n) is 12.2. The average molecular weight is 795 g/mol. The molecule has 7 rings (SSSR count). The minimum atomic E-state index is -4.01. The van der Waals surface area contributed by atoms with Crippen molar-refractivity contribution in [1.29, 1.82) is 0 Å². The van der Waals surface area contributed by atoms with E-state index in [2.05, 4.69) is 15.0 Å². The first-order valence-corrected chi connectivity index (χ1v) is 21.2. The molecular formula is C40H54N6O9S. The molecule has 2 aromatic rings. The van der Waals surface area contributed by atoms with Crippen LogP contribution in [0, 0.1) is 18.3 Å². The Kier molecular flexibility index (Phi) is 10.1. The van der Waals surface area contributed by atoms with Gasteiger partial charge in [0, 0.05) is 30.5 Å². The van der Waals surface area contributed by atoms with Crippen molar-refractivity contribution >= 4 is 44.9 Å². The average Bonchev–Trinajstić information content (AvgIpc) is 4.02. The van der Waals surface area contributed by atoms with E-state index in [1.54, 1.807) is 13.0 Å². The number of methoxy groups -OCH3 is 1. The number of nitrogens with one attached hydrogen (secondary N) is 2. The summed E-state index contributed by atoms with van der Waals surface area (Å²) >= 11 is 0. The lowest BCUT2D eigenvalue weighted by molar-refractivity contribution is -0.143. The summed E-state index contributed by atoms with van der Waals surface area (Å²) in [5.41, 5.74) is -0.294. The summed E-state index contributed by atoms with van der Waals surface area (Å²) in [5, 5.41) is 13.5. The molecule has 5 atom stereocenters. The molecule has 5 heterocycles. The highest BCUT2D eigenvalue weighted by Crippen LogP contribution is 2.49. The van der Waals surface area contributed by atoms with E-state index in [1.165, 1.54) is 16.9 Å². The summed E-state index contributed by atoms with van der Waals surface area (Å²) in [6, 6.07) is 1.35. The standard InChI is InChI=1S/C40H54N6O9S/c1-24-32-26(31-27(41-24)14-15-30(42-31)54-6)16-17-39(55-32)21-29-33(47)43-40(35(49)44-56(52,53)38(5)18-19-38)20-25(40)12-10-8-7-9-11-13-28(34(48)45(29)23-39)46(36(50)51)22-37(2,3)4/h10,12,14-15,25,28-29H,7-9,11,13,16-23H2,1-6H3,(H,43,47)(H,44,49)(H,50,51)/b12-10-/t25-,28+,29+,39-,40-/m1/s1. The van der Waals surface area contributed by atoms with Gasteiger partial charge in [0.25, 0.3) is 5.91 Å².